The third-order valence-electron chi connectivity index (χ3n) is 5.80. The van der Waals surface area contributed by atoms with E-state index in [0.29, 0.717) is 11.3 Å². The fourth-order valence-electron chi connectivity index (χ4n) is 3.87. The molecule has 1 aliphatic rings. The zero-order chi connectivity index (χ0) is 21.7. The van der Waals surface area contributed by atoms with Gasteiger partial charge in [-0.3, -0.25) is 9.10 Å². The molecule has 162 valence electrons. The Morgan fingerprint density at radius 1 is 1.07 bits per heavy atom. The van der Waals surface area contributed by atoms with Gasteiger partial charge in [-0.25, -0.2) is 8.42 Å². The minimum atomic E-state index is -3.64. The summed E-state index contributed by atoms with van der Waals surface area (Å²) in [7, 11) is -2.12. The number of benzene rings is 2. The first-order chi connectivity index (χ1) is 14.3. The molecule has 3 rings (SSSR count). The van der Waals surface area contributed by atoms with Gasteiger partial charge in [0.05, 0.1) is 30.2 Å². The minimum absolute atomic E-state index is 0.102. The number of anilines is 1. The van der Waals surface area contributed by atoms with Crippen molar-refractivity contribution in [2.75, 3.05) is 31.0 Å². The number of carbonyl (C=O) groups excluding carboxylic acids is 1. The van der Waals surface area contributed by atoms with Gasteiger partial charge in [-0.1, -0.05) is 24.6 Å². The predicted octanol–water partition coefficient (Wildman–Crippen LogP) is 2.01. The molecule has 0 unspecified atom stereocenters. The molecule has 0 spiro atoms. The summed E-state index contributed by atoms with van der Waals surface area (Å²) < 4.78 is 26.9. The summed E-state index contributed by atoms with van der Waals surface area (Å²) in [5, 5.41) is 3.12. The normalized spacial score (nSPS) is 19.3. The van der Waals surface area contributed by atoms with Crippen molar-refractivity contribution in [3.8, 4) is 0 Å². The van der Waals surface area contributed by atoms with Crippen LogP contribution in [0.4, 0.5) is 5.69 Å². The van der Waals surface area contributed by atoms with Gasteiger partial charge >= 0.3 is 0 Å². The second-order valence-electron chi connectivity index (χ2n) is 8.08. The fraction of sp³-hybridized carbons (Fsp3) is 0.435. The van der Waals surface area contributed by atoms with Crippen LogP contribution in [0.25, 0.3) is 0 Å². The van der Waals surface area contributed by atoms with Crippen LogP contribution in [0.5, 0.6) is 0 Å². The van der Waals surface area contributed by atoms with Gasteiger partial charge in [0.15, 0.2) is 0 Å². The Balaban J connectivity index is 1.63. The van der Waals surface area contributed by atoms with Gasteiger partial charge in [0.1, 0.15) is 0 Å². The maximum Gasteiger partial charge on any atom is 0.264 e. The number of amides is 1. The quantitative estimate of drug-likeness (QED) is 0.706. The van der Waals surface area contributed by atoms with E-state index in [0.717, 1.165) is 31.5 Å². The van der Waals surface area contributed by atoms with Crippen molar-refractivity contribution in [2.24, 2.45) is 0 Å². The van der Waals surface area contributed by atoms with Crippen LogP contribution in [0.3, 0.4) is 0 Å². The number of aryl methyl sites for hydroxylation is 1. The monoisotopic (exact) mass is 430 g/mol. The van der Waals surface area contributed by atoms with E-state index in [1.807, 2.05) is 6.92 Å². The number of hydrogen-bond acceptors (Lipinski definition) is 3. The fourth-order valence-corrected chi connectivity index (χ4v) is 5.07. The topological polar surface area (TPSA) is 70.9 Å². The van der Waals surface area contributed by atoms with E-state index >= 15 is 0 Å². The van der Waals surface area contributed by atoms with E-state index in [9.17, 15) is 13.2 Å². The number of nitrogens with one attached hydrogen (secondary N) is 2. The number of likely N-dealkylation sites (tertiary alicyclic amines) is 1. The van der Waals surface area contributed by atoms with Crippen LogP contribution < -0.4 is 14.5 Å². The maximum absolute atomic E-state index is 12.8. The van der Waals surface area contributed by atoms with Gasteiger partial charge in [-0.05, 0) is 49.7 Å². The lowest BCUT2D eigenvalue weighted by atomic mass is 10.0. The van der Waals surface area contributed by atoms with E-state index in [1.54, 1.807) is 53.4 Å². The van der Waals surface area contributed by atoms with Crippen molar-refractivity contribution < 1.29 is 18.1 Å². The van der Waals surface area contributed by atoms with Crippen molar-refractivity contribution >= 4 is 21.6 Å². The summed E-state index contributed by atoms with van der Waals surface area (Å²) in [5.41, 5.74) is 2.07. The minimum Gasteiger partial charge on any atom is -0.349 e. The zero-order valence-electron chi connectivity index (χ0n) is 18.0. The maximum atomic E-state index is 12.8. The van der Waals surface area contributed by atoms with E-state index in [4.69, 9.17) is 0 Å². The molecule has 0 radical (unpaired) electrons. The van der Waals surface area contributed by atoms with Gasteiger partial charge in [-0.15, -0.1) is 0 Å². The number of carbonyl (C=O) groups is 1. The number of rotatable bonds is 7. The van der Waals surface area contributed by atoms with Crippen LogP contribution in [0.15, 0.2) is 53.4 Å². The van der Waals surface area contributed by atoms with E-state index in [2.05, 4.69) is 12.2 Å². The summed E-state index contributed by atoms with van der Waals surface area (Å²) >= 11 is 0. The van der Waals surface area contributed by atoms with Crippen LogP contribution in [0.2, 0.25) is 0 Å². The van der Waals surface area contributed by atoms with Crippen molar-refractivity contribution in [3.63, 3.8) is 0 Å². The number of sulfonamides is 1. The van der Waals surface area contributed by atoms with Gasteiger partial charge < -0.3 is 10.2 Å². The number of quaternary nitrogens is 1. The first-order valence-electron chi connectivity index (χ1n) is 10.6. The average molecular weight is 431 g/mol. The second-order valence-corrected chi connectivity index (χ2v) is 10.0. The number of piperidine rings is 1. The molecule has 0 bridgehead atoms. The molecular formula is C23H32N3O3S+. The molecule has 2 N–H and O–H groups in total. The van der Waals surface area contributed by atoms with Crippen LogP contribution in [-0.2, 0) is 10.0 Å². The zero-order valence-corrected chi connectivity index (χ0v) is 18.8. The number of nitrogens with zero attached hydrogens (tertiary/aromatic N) is 1. The Bertz CT molecular complexity index is 948. The molecule has 1 aliphatic heterocycles. The first kappa shape index (κ1) is 22.3. The lowest BCUT2D eigenvalue weighted by Crippen LogP contribution is -3.13. The molecule has 6 nitrogen and oxygen atoms in total. The molecule has 30 heavy (non-hydrogen) atoms. The smallest absolute Gasteiger partial charge is 0.264 e. The summed E-state index contributed by atoms with van der Waals surface area (Å²) in [4.78, 5) is 14.5. The van der Waals surface area contributed by atoms with Crippen molar-refractivity contribution in [2.45, 2.75) is 44.0 Å². The standard InChI is InChI=1S/C23H31N3O3S/c1-4-15-26-16-13-20(14-17-26)24-23(27)19-7-9-21(10-8-19)25(3)30(28,29)22-11-5-18(2)6-12-22/h5-12,20H,4,13-17H2,1-3H3,(H,24,27)/p+1. The van der Waals surface area contributed by atoms with Gasteiger partial charge in [0.25, 0.3) is 15.9 Å². The molecule has 2 aromatic carbocycles. The summed E-state index contributed by atoms with van der Waals surface area (Å²) in [5.74, 6) is -0.102. The highest BCUT2D eigenvalue weighted by atomic mass is 32.2. The highest BCUT2D eigenvalue weighted by Crippen LogP contribution is 2.22. The molecule has 1 amide bonds. The van der Waals surface area contributed by atoms with Gasteiger partial charge in [0.2, 0.25) is 0 Å². The average Bonchev–Trinajstić information content (AvgIpc) is 2.75. The molecule has 1 fully saturated rings. The number of hydrogen-bond donors (Lipinski definition) is 2. The lowest BCUT2D eigenvalue weighted by Gasteiger charge is -2.29. The first-order valence-corrected chi connectivity index (χ1v) is 12.1. The largest absolute Gasteiger partial charge is 0.349 e. The molecule has 2 aromatic rings. The Labute approximate surface area is 179 Å². The van der Waals surface area contributed by atoms with Crippen LogP contribution >= 0.6 is 0 Å². The lowest BCUT2D eigenvalue weighted by molar-refractivity contribution is -0.905. The Hall–Kier alpha value is -2.38. The van der Waals surface area contributed by atoms with E-state index < -0.39 is 10.0 Å². The van der Waals surface area contributed by atoms with Gasteiger partial charge in [0, 0.05) is 31.5 Å². The van der Waals surface area contributed by atoms with Crippen molar-refractivity contribution in [1.82, 2.24) is 5.32 Å². The van der Waals surface area contributed by atoms with Crippen molar-refractivity contribution in [3.05, 3.63) is 59.7 Å². The highest BCUT2D eigenvalue weighted by molar-refractivity contribution is 7.92. The van der Waals surface area contributed by atoms with Crippen molar-refractivity contribution in [1.29, 1.82) is 0 Å². The van der Waals surface area contributed by atoms with E-state index in [-0.39, 0.29) is 16.8 Å². The molecular weight excluding hydrogens is 398 g/mol. The SMILES string of the molecule is CCC[NH+]1CCC(NC(=O)c2ccc(N(C)S(=O)(=O)c3ccc(C)cc3)cc2)CC1. The van der Waals surface area contributed by atoms with Gasteiger partial charge in [-0.2, -0.15) is 0 Å². The molecule has 0 atom stereocenters. The van der Waals surface area contributed by atoms with Crippen LogP contribution in [-0.4, -0.2) is 47.0 Å². The van der Waals surface area contributed by atoms with Crippen LogP contribution in [0, 0.1) is 6.92 Å². The second kappa shape index (κ2) is 9.62. The molecule has 0 aromatic heterocycles. The summed E-state index contributed by atoms with van der Waals surface area (Å²) in [6.45, 7) is 7.51. The third-order valence-corrected chi connectivity index (χ3v) is 7.60. The Kier molecular flexibility index (Phi) is 7.15. The summed E-state index contributed by atoms with van der Waals surface area (Å²) in [6.07, 6.45) is 3.18. The highest BCUT2D eigenvalue weighted by Gasteiger charge is 2.24. The molecule has 0 saturated carbocycles. The van der Waals surface area contributed by atoms with E-state index in [1.165, 1.54) is 24.3 Å². The molecule has 1 heterocycles. The molecule has 7 heteroatoms. The molecule has 0 aliphatic carbocycles. The third kappa shape index (κ3) is 5.21. The predicted molar refractivity (Wildman–Crippen MR) is 120 cm³/mol. The summed E-state index contributed by atoms with van der Waals surface area (Å²) in [6, 6.07) is 13.7. The molecule has 1 saturated heterocycles. The van der Waals surface area contributed by atoms with Crippen LogP contribution in [0.1, 0.15) is 42.1 Å². The Morgan fingerprint density at radius 2 is 1.67 bits per heavy atom. The Morgan fingerprint density at radius 3 is 2.23 bits per heavy atom.